The monoisotopic (exact) mass is 351 g/mol. The fraction of sp³-hybridized carbons (Fsp3) is 0.409. The molecule has 1 fully saturated rings. The number of hydrogen-bond acceptors (Lipinski definition) is 3. The van der Waals surface area contributed by atoms with Crippen molar-refractivity contribution in [2.45, 2.75) is 25.4 Å². The van der Waals surface area contributed by atoms with Crippen LogP contribution in [0.5, 0.6) is 0 Å². The van der Waals surface area contributed by atoms with Gasteiger partial charge in [0, 0.05) is 13.1 Å². The summed E-state index contributed by atoms with van der Waals surface area (Å²) in [6, 6.07) is 17.0. The van der Waals surface area contributed by atoms with Crippen LogP contribution in [0.2, 0.25) is 0 Å². The molecule has 1 aliphatic carbocycles. The minimum Gasteiger partial charge on any atom is -0.481 e. The van der Waals surface area contributed by atoms with Crippen molar-refractivity contribution in [3.8, 4) is 0 Å². The molecule has 1 atom stereocenters. The molecule has 1 saturated heterocycles. The van der Waals surface area contributed by atoms with Crippen LogP contribution in [0.3, 0.4) is 0 Å². The van der Waals surface area contributed by atoms with Crippen LogP contribution in [-0.4, -0.2) is 42.2 Å². The predicted octanol–water partition coefficient (Wildman–Crippen LogP) is 3.49. The number of likely N-dealkylation sites (tertiary alicyclic amines) is 1. The van der Waals surface area contributed by atoms with Crippen LogP contribution in [-0.2, 0) is 16.0 Å². The molecule has 136 valence electrons. The molecular weight excluding hydrogens is 326 g/mol. The number of piperidine rings is 1. The van der Waals surface area contributed by atoms with E-state index in [9.17, 15) is 9.90 Å². The molecule has 0 aromatic heterocycles. The van der Waals surface area contributed by atoms with E-state index in [1.807, 2.05) is 0 Å². The van der Waals surface area contributed by atoms with E-state index in [1.54, 1.807) is 0 Å². The van der Waals surface area contributed by atoms with Gasteiger partial charge in [0.05, 0.1) is 12.5 Å². The van der Waals surface area contributed by atoms with E-state index in [1.165, 1.54) is 22.3 Å². The third-order valence-corrected chi connectivity index (χ3v) is 5.60. The summed E-state index contributed by atoms with van der Waals surface area (Å²) in [7, 11) is 0. The minimum atomic E-state index is -0.675. The Morgan fingerprint density at radius 3 is 2.38 bits per heavy atom. The van der Waals surface area contributed by atoms with Crippen molar-refractivity contribution in [1.82, 2.24) is 4.90 Å². The van der Waals surface area contributed by atoms with Crippen LogP contribution < -0.4 is 0 Å². The Hall–Kier alpha value is -2.17. The van der Waals surface area contributed by atoms with Gasteiger partial charge in [0.15, 0.2) is 0 Å². The maximum absolute atomic E-state index is 11.2. The number of fused-ring (bicyclic) bond motifs is 2. The molecule has 1 heterocycles. The van der Waals surface area contributed by atoms with Gasteiger partial charge < -0.3 is 14.7 Å². The van der Waals surface area contributed by atoms with Crippen molar-refractivity contribution in [1.29, 1.82) is 0 Å². The molecule has 2 aromatic rings. The zero-order valence-electron chi connectivity index (χ0n) is 14.9. The first kappa shape index (κ1) is 17.3. The minimum absolute atomic E-state index is 0.0313. The Morgan fingerprint density at radius 1 is 1.08 bits per heavy atom. The number of aliphatic carboxylic acids is 1. The van der Waals surface area contributed by atoms with Crippen LogP contribution in [0, 0.1) is 5.92 Å². The Bertz CT molecular complexity index is 743. The number of carboxylic acid groups (broad SMARTS) is 1. The number of benzene rings is 2. The second-order valence-electron chi connectivity index (χ2n) is 7.30. The smallest absolute Gasteiger partial charge is 0.307 e. The summed E-state index contributed by atoms with van der Waals surface area (Å²) in [6.07, 6.45) is 2.66. The van der Waals surface area contributed by atoms with Crippen LogP contribution >= 0.6 is 0 Å². The van der Waals surface area contributed by atoms with E-state index in [0.29, 0.717) is 13.2 Å². The van der Waals surface area contributed by atoms with Crippen molar-refractivity contribution >= 4 is 5.97 Å². The standard InChI is InChI=1S/C22H25NO3/c24-22(25)18-8-5-11-23(15-18)12-13-26-21-19-9-3-1-6-16(19)14-17-7-2-4-10-20(17)21/h1-4,6-7,9-10,18,21H,5,8,11-15H2,(H,24,25). The summed E-state index contributed by atoms with van der Waals surface area (Å²) in [5.74, 6) is -0.911. The third-order valence-electron chi connectivity index (χ3n) is 5.60. The van der Waals surface area contributed by atoms with Crippen molar-refractivity contribution < 1.29 is 14.6 Å². The number of carbonyl (C=O) groups is 1. The first-order chi connectivity index (χ1) is 12.7. The van der Waals surface area contributed by atoms with Gasteiger partial charge in [-0.25, -0.2) is 0 Å². The number of rotatable bonds is 5. The number of carboxylic acids is 1. The molecule has 1 N–H and O–H groups in total. The van der Waals surface area contributed by atoms with Crippen molar-refractivity contribution in [3.63, 3.8) is 0 Å². The summed E-state index contributed by atoms with van der Waals surface area (Å²) in [5, 5.41) is 9.25. The Kier molecular flexibility index (Phi) is 5.05. The molecule has 4 rings (SSSR count). The van der Waals surface area contributed by atoms with Crippen LogP contribution in [0.25, 0.3) is 0 Å². The van der Waals surface area contributed by atoms with Gasteiger partial charge in [0.2, 0.25) is 0 Å². The molecule has 4 heteroatoms. The van der Waals surface area contributed by atoms with Crippen LogP contribution in [0.1, 0.15) is 41.2 Å². The van der Waals surface area contributed by atoms with E-state index < -0.39 is 5.97 Å². The van der Waals surface area contributed by atoms with E-state index in [-0.39, 0.29) is 12.0 Å². The van der Waals surface area contributed by atoms with Crippen molar-refractivity contribution in [2.24, 2.45) is 5.92 Å². The molecule has 1 unspecified atom stereocenters. The quantitative estimate of drug-likeness (QED) is 0.896. The van der Waals surface area contributed by atoms with E-state index in [4.69, 9.17) is 4.74 Å². The topological polar surface area (TPSA) is 49.8 Å². The molecule has 1 aliphatic heterocycles. The molecule has 0 saturated carbocycles. The van der Waals surface area contributed by atoms with Crippen molar-refractivity contribution in [3.05, 3.63) is 70.8 Å². The normalized spacial score (nSPS) is 20.4. The molecule has 0 bridgehead atoms. The van der Waals surface area contributed by atoms with Gasteiger partial charge in [-0.05, 0) is 48.1 Å². The average molecular weight is 351 g/mol. The maximum Gasteiger partial charge on any atom is 0.307 e. The number of ether oxygens (including phenoxy) is 1. The zero-order chi connectivity index (χ0) is 17.9. The van der Waals surface area contributed by atoms with E-state index in [0.717, 1.165) is 32.4 Å². The highest BCUT2D eigenvalue weighted by Crippen LogP contribution is 2.37. The molecule has 2 aliphatic rings. The second-order valence-corrected chi connectivity index (χ2v) is 7.30. The van der Waals surface area contributed by atoms with Gasteiger partial charge in [0.1, 0.15) is 6.10 Å². The Labute approximate surface area is 154 Å². The van der Waals surface area contributed by atoms with Gasteiger partial charge >= 0.3 is 5.97 Å². The highest BCUT2D eigenvalue weighted by molar-refractivity contribution is 5.70. The summed E-state index contributed by atoms with van der Waals surface area (Å²) in [5.41, 5.74) is 5.18. The molecule has 2 aromatic carbocycles. The third kappa shape index (κ3) is 3.53. The molecule has 4 nitrogen and oxygen atoms in total. The lowest BCUT2D eigenvalue weighted by Crippen LogP contribution is -2.40. The Morgan fingerprint density at radius 2 is 1.73 bits per heavy atom. The predicted molar refractivity (Wildman–Crippen MR) is 100 cm³/mol. The fourth-order valence-electron chi connectivity index (χ4n) is 4.21. The molecule has 0 amide bonds. The highest BCUT2D eigenvalue weighted by atomic mass is 16.5. The van der Waals surface area contributed by atoms with E-state index >= 15 is 0 Å². The first-order valence-corrected chi connectivity index (χ1v) is 9.45. The van der Waals surface area contributed by atoms with Gasteiger partial charge in [-0.3, -0.25) is 4.79 Å². The van der Waals surface area contributed by atoms with Gasteiger partial charge in [-0.15, -0.1) is 0 Å². The highest BCUT2D eigenvalue weighted by Gasteiger charge is 2.27. The average Bonchev–Trinajstić information content (AvgIpc) is 2.67. The summed E-state index contributed by atoms with van der Waals surface area (Å²) < 4.78 is 6.35. The first-order valence-electron chi connectivity index (χ1n) is 9.45. The summed E-state index contributed by atoms with van der Waals surface area (Å²) >= 11 is 0. The number of hydrogen-bond donors (Lipinski definition) is 1. The zero-order valence-corrected chi connectivity index (χ0v) is 14.9. The van der Waals surface area contributed by atoms with E-state index in [2.05, 4.69) is 53.4 Å². The molecule has 0 radical (unpaired) electrons. The van der Waals surface area contributed by atoms with Crippen molar-refractivity contribution in [2.75, 3.05) is 26.2 Å². The molecule has 26 heavy (non-hydrogen) atoms. The Balaban J connectivity index is 1.44. The number of nitrogens with zero attached hydrogens (tertiary/aromatic N) is 1. The van der Waals surface area contributed by atoms with Gasteiger partial charge in [-0.1, -0.05) is 48.5 Å². The SMILES string of the molecule is O=C(O)C1CCCN(CCOC2c3ccccc3Cc3ccccc32)C1. The summed E-state index contributed by atoms with van der Waals surface area (Å²) in [6.45, 7) is 2.99. The van der Waals surface area contributed by atoms with Gasteiger partial charge in [0.25, 0.3) is 0 Å². The molecular formula is C22H25NO3. The lowest BCUT2D eigenvalue weighted by Gasteiger charge is -2.32. The van der Waals surface area contributed by atoms with Gasteiger partial charge in [-0.2, -0.15) is 0 Å². The fourth-order valence-corrected chi connectivity index (χ4v) is 4.21. The lowest BCUT2D eigenvalue weighted by molar-refractivity contribution is -0.143. The second kappa shape index (κ2) is 7.60. The summed E-state index contributed by atoms with van der Waals surface area (Å²) in [4.78, 5) is 13.5. The molecule has 0 spiro atoms. The van der Waals surface area contributed by atoms with Crippen LogP contribution in [0.15, 0.2) is 48.5 Å². The largest absolute Gasteiger partial charge is 0.481 e. The lowest BCUT2D eigenvalue weighted by atomic mass is 9.84. The van der Waals surface area contributed by atoms with Crippen LogP contribution in [0.4, 0.5) is 0 Å². The maximum atomic E-state index is 11.2.